The van der Waals surface area contributed by atoms with Crippen molar-refractivity contribution in [3.63, 3.8) is 0 Å². The molecule has 1 atom stereocenters. The minimum Gasteiger partial charge on any atom is -0.506 e. The first-order valence-electron chi connectivity index (χ1n) is 4.24. The lowest BCUT2D eigenvalue weighted by Crippen LogP contribution is -1.91. The van der Waals surface area contributed by atoms with Gasteiger partial charge in [-0.3, -0.25) is 0 Å². The van der Waals surface area contributed by atoms with Crippen molar-refractivity contribution < 1.29 is 5.11 Å². The van der Waals surface area contributed by atoms with Crippen LogP contribution in [-0.4, -0.2) is 5.11 Å². The highest BCUT2D eigenvalue weighted by Gasteiger charge is 2.09. The minimum absolute atomic E-state index is 0.270. The molecule has 0 spiro atoms. The van der Waals surface area contributed by atoms with E-state index in [2.05, 4.69) is 45.7 Å². The summed E-state index contributed by atoms with van der Waals surface area (Å²) in [4.78, 5) is 0. The molecule has 0 fully saturated rings. The molecule has 72 valence electrons. The number of phenolic OH excluding ortho intramolecular Hbond substituents is 1. The Bertz CT molecular complexity index is 287. The van der Waals surface area contributed by atoms with E-state index < -0.39 is 0 Å². The van der Waals surface area contributed by atoms with Gasteiger partial charge in [0.05, 0.1) is 8.95 Å². The highest BCUT2D eigenvalue weighted by atomic mass is 79.9. The first-order chi connectivity index (χ1) is 6.06. The van der Waals surface area contributed by atoms with Gasteiger partial charge in [-0.2, -0.15) is 0 Å². The Kier molecular flexibility index (Phi) is 3.80. The number of hydrogen-bond donors (Lipinski definition) is 1. The predicted octanol–water partition coefficient (Wildman–Crippen LogP) is 4.43. The Balaban J connectivity index is 3.13. The van der Waals surface area contributed by atoms with Gasteiger partial charge in [0, 0.05) is 0 Å². The predicted molar refractivity (Wildman–Crippen MR) is 62.2 cm³/mol. The van der Waals surface area contributed by atoms with Crippen LogP contribution in [0.1, 0.15) is 31.7 Å². The summed E-state index contributed by atoms with van der Waals surface area (Å²) in [6, 6.07) is 3.93. The molecule has 13 heavy (non-hydrogen) atoms. The second-order valence-electron chi connectivity index (χ2n) is 3.14. The fraction of sp³-hybridized carbons (Fsp3) is 0.400. The smallest absolute Gasteiger partial charge is 0.143 e. The first-order valence-corrected chi connectivity index (χ1v) is 5.82. The molecule has 1 N–H and O–H groups in total. The van der Waals surface area contributed by atoms with Crippen molar-refractivity contribution in [2.24, 2.45) is 0 Å². The third-order valence-corrected chi connectivity index (χ3v) is 3.43. The van der Waals surface area contributed by atoms with Gasteiger partial charge >= 0.3 is 0 Å². The van der Waals surface area contributed by atoms with Crippen molar-refractivity contribution in [2.45, 2.75) is 26.2 Å². The molecule has 0 bridgehead atoms. The Morgan fingerprint density at radius 3 is 2.15 bits per heavy atom. The van der Waals surface area contributed by atoms with E-state index in [-0.39, 0.29) is 5.75 Å². The standard InChI is InChI=1S/C10H12Br2O/c1-3-6(2)7-4-8(11)10(13)9(12)5-7/h4-6,13H,3H2,1-2H3. The molecule has 0 amide bonds. The molecule has 3 heteroatoms. The largest absolute Gasteiger partial charge is 0.506 e. The molecule has 0 aromatic heterocycles. The minimum atomic E-state index is 0.270. The van der Waals surface area contributed by atoms with Crippen molar-refractivity contribution in [1.29, 1.82) is 0 Å². The maximum atomic E-state index is 9.49. The van der Waals surface area contributed by atoms with E-state index in [1.165, 1.54) is 5.56 Å². The van der Waals surface area contributed by atoms with Gasteiger partial charge in [-0.05, 0) is 61.9 Å². The Hall–Kier alpha value is -0.0200. The lowest BCUT2D eigenvalue weighted by Gasteiger charge is -2.11. The zero-order chi connectivity index (χ0) is 10.0. The third kappa shape index (κ3) is 2.47. The van der Waals surface area contributed by atoms with Gasteiger partial charge in [0.25, 0.3) is 0 Å². The van der Waals surface area contributed by atoms with Gasteiger partial charge in [-0.1, -0.05) is 13.8 Å². The molecule has 0 aliphatic heterocycles. The molecule has 0 aliphatic rings. The first kappa shape index (κ1) is 11.1. The SMILES string of the molecule is CCC(C)c1cc(Br)c(O)c(Br)c1. The average Bonchev–Trinajstić information content (AvgIpc) is 2.12. The number of hydrogen-bond acceptors (Lipinski definition) is 1. The van der Waals surface area contributed by atoms with E-state index >= 15 is 0 Å². The Labute approximate surface area is 95.4 Å². The van der Waals surface area contributed by atoms with Crippen molar-refractivity contribution in [3.8, 4) is 5.75 Å². The van der Waals surface area contributed by atoms with Gasteiger partial charge < -0.3 is 5.11 Å². The molecule has 0 aliphatic carbocycles. The summed E-state index contributed by atoms with van der Waals surface area (Å²) >= 11 is 6.63. The van der Waals surface area contributed by atoms with Gasteiger partial charge in [0.2, 0.25) is 0 Å². The van der Waals surface area contributed by atoms with Crippen LogP contribution in [0.25, 0.3) is 0 Å². The van der Waals surface area contributed by atoms with Crippen molar-refractivity contribution >= 4 is 31.9 Å². The normalized spacial score (nSPS) is 12.9. The van der Waals surface area contributed by atoms with Crippen LogP contribution < -0.4 is 0 Å². The zero-order valence-electron chi connectivity index (χ0n) is 7.64. The Morgan fingerprint density at radius 1 is 1.31 bits per heavy atom. The topological polar surface area (TPSA) is 20.2 Å². The number of benzene rings is 1. The average molecular weight is 308 g/mol. The van der Waals surface area contributed by atoms with Crippen LogP contribution in [0.3, 0.4) is 0 Å². The van der Waals surface area contributed by atoms with Crippen molar-refractivity contribution in [2.75, 3.05) is 0 Å². The van der Waals surface area contributed by atoms with E-state index in [0.29, 0.717) is 5.92 Å². The van der Waals surface area contributed by atoms with Crippen LogP contribution >= 0.6 is 31.9 Å². The van der Waals surface area contributed by atoms with Gasteiger partial charge in [-0.25, -0.2) is 0 Å². The highest BCUT2D eigenvalue weighted by molar-refractivity contribution is 9.11. The summed E-state index contributed by atoms with van der Waals surface area (Å²) in [5, 5.41) is 9.49. The molecule has 0 heterocycles. The van der Waals surface area contributed by atoms with E-state index in [4.69, 9.17) is 0 Å². The molecule has 1 nitrogen and oxygen atoms in total. The van der Waals surface area contributed by atoms with E-state index in [1.54, 1.807) is 0 Å². The van der Waals surface area contributed by atoms with E-state index in [9.17, 15) is 5.11 Å². The lowest BCUT2D eigenvalue weighted by molar-refractivity contribution is 0.468. The molecule has 0 saturated heterocycles. The molecule has 1 aromatic rings. The third-order valence-electron chi connectivity index (χ3n) is 2.22. The van der Waals surface area contributed by atoms with Gasteiger partial charge in [0.1, 0.15) is 5.75 Å². The highest BCUT2D eigenvalue weighted by Crippen LogP contribution is 2.35. The summed E-state index contributed by atoms with van der Waals surface area (Å²) in [5.74, 6) is 0.792. The van der Waals surface area contributed by atoms with Gasteiger partial charge in [0.15, 0.2) is 0 Å². The summed E-state index contributed by atoms with van der Waals surface area (Å²) in [6.07, 6.45) is 1.10. The maximum Gasteiger partial charge on any atom is 0.143 e. The second-order valence-corrected chi connectivity index (χ2v) is 4.85. The molecule has 1 unspecified atom stereocenters. The quantitative estimate of drug-likeness (QED) is 0.857. The van der Waals surface area contributed by atoms with Crippen molar-refractivity contribution in [3.05, 3.63) is 26.6 Å². The van der Waals surface area contributed by atoms with Crippen LogP contribution in [0.4, 0.5) is 0 Å². The molecule has 1 rings (SSSR count). The fourth-order valence-corrected chi connectivity index (χ4v) is 2.33. The van der Waals surface area contributed by atoms with Crippen molar-refractivity contribution in [1.82, 2.24) is 0 Å². The summed E-state index contributed by atoms with van der Waals surface area (Å²) < 4.78 is 1.49. The lowest BCUT2D eigenvalue weighted by atomic mass is 9.99. The van der Waals surface area contributed by atoms with E-state index in [1.807, 2.05) is 12.1 Å². The van der Waals surface area contributed by atoms with Crippen LogP contribution in [0.2, 0.25) is 0 Å². The molecule has 1 aromatic carbocycles. The van der Waals surface area contributed by atoms with Crippen LogP contribution in [0.5, 0.6) is 5.75 Å². The number of aromatic hydroxyl groups is 1. The number of rotatable bonds is 2. The molecule has 0 saturated carbocycles. The van der Waals surface area contributed by atoms with Crippen LogP contribution in [0, 0.1) is 0 Å². The maximum absolute atomic E-state index is 9.49. The molecular formula is C10H12Br2O. The van der Waals surface area contributed by atoms with E-state index in [0.717, 1.165) is 15.4 Å². The molecular weight excluding hydrogens is 296 g/mol. The second kappa shape index (κ2) is 4.47. The monoisotopic (exact) mass is 306 g/mol. The summed E-state index contributed by atoms with van der Waals surface area (Å²) in [7, 11) is 0. The Morgan fingerprint density at radius 2 is 1.77 bits per heavy atom. The summed E-state index contributed by atoms with van der Waals surface area (Å²) in [5.41, 5.74) is 1.24. The number of halogens is 2. The summed E-state index contributed by atoms with van der Waals surface area (Å²) in [6.45, 7) is 4.32. The zero-order valence-corrected chi connectivity index (χ0v) is 10.8. The van der Waals surface area contributed by atoms with Crippen LogP contribution in [-0.2, 0) is 0 Å². The van der Waals surface area contributed by atoms with Gasteiger partial charge in [-0.15, -0.1) is 0 Å². The fourth-order valence-electron chi connectivity index (χ4n) is 1.11. The van der Waals surface area contributed by atoms with Crippen LogP contribution in [0.15, 0.2) is 21.1 Å². The number of phenols is 1. The molecule has 0 radical (unpaired) electrons.